The van der Waals surface area contributed by atoms with Crippen LogP contribution in [0.4, 0.5) is 10.1 Å². The molecule has 0 bridgehead atoms. The molecular formula is C31H38FN3O4S. The molecule has 1 N–H and O–H groups in total. The number of hydrogen-bond acceptors (Lipinski definition) is 4. The van der Waals surface area contributed by atoms with Crippen LogP contribution in [0.1, 0.15) is 42.0 Å². The van der Waals surface area contributed by atoms with Gasteiger partial charge < -0.3 is 10.2 Å². The quantitative estimate of drug-likeness (QED) is 0.302. The van der Waals surface area contributed by atoms with E-state index >= 15 is 0 Å². The van der Waals surface area contributed by atoms with E-state index in [-0.39, 0.29) is 18.9 Å². The molecular weight excluding hydrogens is 529 g/mol. The lowest BCUT2D eigenvalue weighted by Gasteiger charge is -2.34. The number of sulfonamides is 1. The van der Waals surface area contributed by atoms with Crippen molar-refractivity contribution in [1.82, 2.24) is 10.2 Å². The van der Waals surface area contributed by atoms with E-state index in [1.807, 2.05) is 56.3 Å². The molecule has 9 heteroatoms. The second-order valence-electron chi connectivity index (χ2n) is 10.1. The van der Waals surface area contributed by atoms with Crippen molar-refractivity contribution < 1.29 is 22.4 Å². The third-order valence-corrected chi connectivity index (χ3v) is 7.81. The number of nitrogens with one attached hydrogen (secondary N) is 1. The van der Waals surface area contributed by atoms with E-state index in [1.54, 1.807) is 25.1 Å². The highest BCUT2D eigenvalue weighted by atomic mass is 32.2. The predicted octanol–water partition coefficient (Wildman–Crippen LogP) is 4.76. The zero-order chi connectivity index (χ0) is 29.3. The Bertz CT molecular complexity index is 1400. The van der Waals surface area contributed by atoms with Crippen molar-refractivity contribution in [1.29, 1.82) is 0 Å². The van der Waals surface area contributed by atoms with E-state index in [0.29, 0.717) is 23.4 Å². The van der Waals surface area contributed by atoms with Crippen molar-refractivity contribution in [2.24, 2.45) is 0 Å². The number of amides is 2. The van der Waals surface area contributed by atoms with Crippen LogP contribution in [0.25, 0.3) is 0 Å². The lowest BCUT2D eigenvalue weighted by Crippen LogP contribution is -2.53. The van der Waals surface area contributed by atoms with Gasteiger partial charge in [-0.2, -0.15) is 0 Å². The standard InChI is InChI=1S/C31H38FN3O4S/c1-5-6-18-33-31(37)29(20-25-10-8-7-9-11-25)34(21-26-14-16-27(32)17-15-26)30(36)22-35(40(4,38)39)28-19-23(2)12-13-24(28)3/h7-17,19,29H,5-6,18,20-22H2,1-4H3,(H,33,37). The molecule has 3 aromatic carbocycles. The number of nitrogens with zero attached hydrogens (tertiary/aromatic N) is 2. The Morgan fingerprint density at radius 1 is 0.950 bits per heavy atom. The van der Waals surface area contributed by atoms with Crippen LogP contribution in [0.15, 0.2) is 72.8 Å². The first-order valence-electron chi connectivity index (χ1n) is 13.4. The summed E-state index contributed by atoms with van der Waals surface area (Å²) in [7, 11) is -3.85. The second-order valence-corrected chi connectivity index (χ2v) is 12.0. The molecule has 0 spiro atoms. The monoisotopic (exact) mass is 567 g/mol. The molecule has 1 unspecified atom stereocenters. The minimum absolute atomic E-state index is 0.00220. The summed E-state index contributed by atoms with van der Waals surface area (Å²) in [4.78, 5) is 29.0. The largest absolute Gasteiger partial charge is 0.354 e. The molecule has 0 aliphatic carbocycles. The topological polar surface area (TPSA) is 86.8 Å². The van der Waals surface area contributed by atoms with Crippen LogP contribution in [0, 0.1) is 19.7 Å². The van der Waals surface area contributed by atoms with Gasteiger partial charge in [-0.15, -0.1) is 0 Å². The SMILES string of the molecule is CCCCNC(=O)C(Cc1ccccc1)N(Cc1ccc(F)cc1)C(=O)CN(c1cc(C)ccc1C)S(C)(=O)=O. The number of unbranched alkanes of at least 4 members (excludes halogenated alkanes) is 1. The predicted molar refractivity (Wildman–Crippen MR) is 157 cm³/mol. The summed E-state index contributed by atoms with van der Waals surface area (Å²) in [5, 5.41) is 2.94. The number of anilines is 1. The third-order valence-electron chi connectivity index (χ3n) is 6.68. The van der Waals surface area contributed by atoms with Crippen LogP contribution in [-0.4, -0.2) is 50.5 Å². The van der Waals surface area contributed by atoms with Crippen LogP contribution in [0.3, 0.4) is 0 Å². The Kier molecular flexibility index (Phi) is 10.8. The maximum atomic E-state index is 14.1. The van der Waals surface area contributed by atoms with Crippen molar-refractivity contribution >= 4 is 27.5 Å². The van der Waals surface area contributed by atoms with E-state index in [1.165, 1.54) is 17.0 Å². The molecule has 0 fully saturated rings. The fourth-order valence-electron chi connectivity index (χ4n) is 4.43. The van der Waals surface area contributed by atoms with Crippen molar-refractivity contribution in [3.63, 3.8) is 0 Å². The fraction of sp³-hybridized carbons (Fsp3) is 0.355. The molecule has 7 nitrogen and oxygen atoms in total. The number of hydrogen-bond donors (Lipinski definition) is 1. The smallest absolute Gasteiger partial charge is 0.244 e. The summed E-state index contributed by atoms with van der Waals surface area (Å²) in [6.45, 7) is 5.62. The maximum Gasteiger partial charge on any atom is 0.244 e. The van der Waals surface area contributed by atoms with Gasteiger partial charge in [0, 0.05) is 19.5 Å². The Morgan fingerprint density at radius 2 is 1.62 bits per heavy atom. The normalized spacial score (nSPS) is 12.0. The van der Waals surface area contributed by atoms with Crippen LogP contribution in [0.2, 0.25) is 0 Å². The van der Waals surface area contributed by atoms with Crippen molar-refractivity contribution in [2.45, 2.75) is 52.6 Å². The van der Waals surface area contributed by atoms with E-state index in [0.717, 1.165) is 34.5 Å². The van der Waals surface area contributed by atoms with Gasteiger partial charge in [-0.3, -0.25) is 13.9 Å². The highest BCUT2D eigenvalue weighted by Crippen LogP contribution is 2.25. The third kappa shape index (κ3) is 8.64. The van der Waals surface area contributed by atoms with E-state index in [4.69, 9.17) is 0 Å². The van der Waals surface area contributed by atoms with Gasteiger partial charge in [-0.05, 0) is 60.7 Å². The van der Waals surface area contributed by atoms with Gasteiger partial charge in [0.15, 0.2) is 0 Å². The highest BCUT2D eigenvalue weighted by Gasteiger charge is 2.33. The van der Waals surface area contributed by atoms with Crippen LogP contribution in [-0.2, 0) is 32.6 Å². The van der Waals surface area contributed by atoms with Gasteiger partial charge in [-0.1, -0.05) is 67.9 Å². The Balaban J connectivity index is 2.05. The van der Waals surface area contributed by atoms with Gasteiger partial charge in [0.25, 0.3) is 0 Å². The number of benzene rings is 3. The molecule has 0 aliphatic rings. The van der Waals surface area contributed by atoms with Crippen molar-refractivity contribution in [2.75, 3.05) is 23.7 Å². The summed E-state index contributed by atoms with van der Waals surface area (Å²) in [5.74, 6) is -1.29. The molecule has 0 aliphatic heterocycles. The average molecular weight is 568 g/mol. The Hall–Kier alpha value is -3.72. The fourth-order valence-corrected chi connectivity index (χ4v) is 5.33. The highest BCUT2D eigenvalue weighted by molar-refractivity contribution is 7.92. The van der Waals surface area contributed by atoms with Gasteiger partial charge in [0.05, 0.1) is 11.9 Å². The number of halogens is 1. The van der Waals surface area contributed by atoms with Crippen LogP contribution < -0.4 is 9.62 Å². The number of carbonyl (C=O) groups excluding carboxylic acids is 2. The van der Waals surface area contributed by atoms with Gasteiger partial charge in [-0.25, -0.2) is 12.8 Å². The van der Waals surface area contributed by atoms with Gasteiger partial charge >= 0.3 is 0 Å². The summed E-state index contributed by atoms with van der Waals surface area (Å²) >= 11 is 0. The Labute approximate surface area is 237 Å². The summed E-state index contributed by atoms with van der Waals surface area (Å²) < 4.78 is 40.7. The number of carbonyl (C=O) groups is 2. The van der Waals surface area contributed by atoms with E-state index in [9.17, 15) is 22.4 Å². The molecule has 40 heavy (non-hydrogen) atoms. The van der Waals surface area contributed by atoms with Crippen LogP contribution in [0.5, 0.6) is 0 Å². The lowest BCUT2D eigenvalue weighted by atomic mass is 10.0. The molecule has 0 aromatic heterocycles. The average Bonchev–Trinajstić information content (AvgIpc) is 2.91. The minimum Gasteiger partial charge on any atom is -0.354 e. The van der Waals surface area contributed by atoms with Gasteiger partial charge in [0.1, 0.15) is 18.4 Å². The van der Waals surface area contributed by atoms with Crippen molar-refractivity contribution in [3.05, 3.63) is 101 Å². The van der Waals surface area contributed by atoms with Crippen molar-refractivity contribution in [3.8, 4) is 0 Å². The molecule has 3 rings (SSSR count). The minimum atomic E-state index is -3.85. The second kappa shape index (κ2) is 14.1. The zero-order valence-electron chi connectivity index (χ0n) is 23.6. The van der Waals surface area contributed by atoms with Gasteiger partial charge in [0.2, 0.25) is 21.8 Å². The molecule has 0 saturated heterocycles. The van der Waals surface area contributed by atoms with Crippen LogP contribution >= 0.6 is 0 Å². The lowest BCUT2D eigenvalue weighted by molar-refractivity contribution is -0.140. The molecule has 0 heterocycles. The summed E-state index contributed by atoms with van der Waals surface area (Å²) in [6.07, 6.45) is 2.96. The molecule has 214 valence electrons. The molecule has 0 radical (unpaired) electrons. The first kappa shape index (κ1) is 30.8. The molecule has 0 saturated carbocycles. The summed E-state index contributed by atoms with van der Waals surface area (Å²) in [5.41, 5.74) is 3.43. The first-order valence-corrected chi connectivity index (χ1v) is 15.2. The molecule has 2 amide bonds. The number of rotatable bonds is 13. The first-order chi connectivity index (χ1) is 19.0. The van der Waals surface area contributed by atoms with E-state index in [2.05, 4.69) is 5.32 Å². The molecule has 1 atom stereocenters. The number of aryl methyl sites for hydroxylation is 2. The maximum absolute atomic E-state index is 14.1. The summed E-state index contributed by atoms with van der Waals surface area (Å²) in [6, 6.07) is 19.6. The zero-order valence-corrected chi connectivity index (χ0v) is 24.4. The Morgan fingerprint density at radius 3 is 2.25 bits per heavy atom. The van der Waals surface area contributed by atoms with E-state index < -0.39 is 34.3 Å². The molecule has 3 aromatic rings.